The van der Waals surface area contributed by atoms with Gasteiger partial charge in [-0.3, -0.25) is 9.36 Å². The summed E-state index contributed by atoms with van der Waals surface area (Å²) in [6.07, 6.45) is 5.36. The Bertz CT molecular complexity index is 571. The summed E-state index contributed by atoms with van der Waals surface area (Å²) in [5, 5.41) is 1.89. The largest absolute Gasteiger partial charge is 0.287 e. The van der Waals surface area contributed by atoms with Gasteiger partial charge in [0.25, 0.3) is 0 Å². The fraction of sp³-hybridized carbons (Fsp3) is 0.308. The van der Waals surface area contributed by atoms with Crippen LogP contribution in [-0.4, -0.2) is 11.0 Å². The highest BCUT2D eigenvalue weighted by molar-refractivity contribution is 6.31. The van der Waals surface area contributed by atoms with E-state index in [1.807, 2.05) is 18.2 Å². The minimum Gasteiger partial charge on any atom is -0.287 e. The molecule has 2 nitrogen and oxygen atoms in total. The molecule has 0 spiro atoms. The van der Waals surface area contributed by atoms with Gasteiger partial charge in [-0.05, 0) is 49.4 Å². The third-order valence-electron chi connectivity index (χ3n) is 3.38. The molecule has 0 saturated heterocycles. The quantitative estimate of drug-likeness (QED) is 0.694. The second-order valence-electron chi connectivity index (χ2n) is 4.27. The Morgan fingerprint density at radius 1 is 1.25 bits per heavy atom. The summed E-state index contributed by atoms with van der Waals surface area (Å²) in [6.45, 7) is 0. The molecule has 1 aromatic heterocycles. The van der Waals surface area contributed by atoms with Crippen LogP contribution in [0.25, 0.3) is 10.9 Å². The maximum Gasteiger partial charge on any atom is 0.218 e. The van der Waals surface area contributed by atoms with Crippen LogP contribution in [0.15, 0.2) is 18.2 Å². The van der Waals surface area contributed by atoms with E-state index in [0.717, 1.165) is 35.2 Å². The first kappa shape index (κ1) is 9.91. The lowest BCUT2D eigenvalue weighted by molar-refractivity contribution is 0.544. The van der Waals surface area contributed by atoms with Crippen LogP contribution >= 0.6 is 11.6 Å². The summed E-state index contributed by atoms with van der Waals surface area (Å²) in [5.74, 6) is 0. The molecular formula is C13H12ClNO. The smallest absolute Gasteiger partial charge is 0.218 e. The SMILES string of the molecule is O=Cn1c2c(c3cc(Cl)ccc31)CCCC2. The lowest BCUT2D eigenvalue weighted by atomic mass is 9.96. The van der Waals surface area contributed by atoms with Crippen LogP contribution < -0.4 is 0 Å². The van der Waals surface area contributed by atoms with E-state index in [4.69, 9.17) is 11.6 Å². The summed E-state index contributed by atoms with van der Waals surface area (Å²) in [6, 6.07) is 5.75. The Kier molecular flexibility index (Phi) is 2.25. The number of benzene rings is 1. The van der Waals surface area contributed by atoms with E-state index in [-0.39, 0.29) is 0 Å². The molecule has 0 bridgehead atoms. The first-order valence-corrected chi connectivity index (χ1v) is 5.95. The Morgan fingerprint density at radius 3 is 2.88 bits per heavy atom. The maximum atomic E-state index is 11.2. The van der Waals surface area contributed by atoms with Gasteiger partial charge in [-0.1, -0.05) is 11.6 Å². The number of nitrogens with zero attached hydrogens (tertiary/aromatic N) is 1. The van der Waals surface area contributed by atoms with Crippen molar-refractivity contribution in [2.24, 2.45) is 0 Å². The van der Waals surface area contributed by atoms with Gasteiger partial charge in [-0.2, -0.15) is 0 Å². The number of hydrogen-bond donors (Lipinski definition) is 0. The first-order valence-electron chi connectivity index (χ1n) is 5.58. The highest BCUT2D eigenvalue weighted by Crippen LogP contribution is 2.32. The molecule has 3 heteroatoms. The predicted octanol–water partition coefficient (Wildman–Crippen LogP) is 3.21. The second-order valence-corrected chi connectivity index (χ2v) is 4.71. The van der Waals surface area contributed by atoms with E-state index < -0.39 is 0 Å². The molecule has 16 heavy (non-hydrogen) atoms. The monoisotopic (exact) mass is 233 g/mol. The number of halogens is 1. The average Bonchev–Trinajstić information content (AvgIpc) is 2.62. The highest BCUT2D eigenvalue weighted by atomic mass is 35.5. The molecule has 82 valence electrons. The fourth-order valence-electron chi connectivity index (χ4n) is 2.67. The van der Waals surface area contributed by atoms with Gasteiger partial charge in [-0.15, -0.1) is 0 Å². The number of rotatable bonds is 1. The van der Waals surface area contributed by atoms with Gasteiger partial charge >= 0.3 is 0 Å². The van der Waals surface area contributed by atoms with Crippen LogP contribution in [0.3, 0.4) is 0 Å². The topological polar surface area (TPSA) is 22.0 Å². The van der Waals surface area contributed by atoms with Crippen LogP contribution in [0.2, 0.25) is 5.02 Å². The number of hydrogen-bond acceptors (Lipinski definition) is 1. The summed E-state index contributed by atoms with van der Waals surface area (Å²) in [7, 11) is 0. The van der Waals surface area contributed by atoms with Crippen molar-refractivity contribution in [3.05, 3.63) is 34.5 Å². The van der Waals surface area contributed by atoms with E-state index in [0.29, 0.717) is 0 Å². The molecule has 3 rings (SSSR count). The molecule has 0 unspecified atom stereocenters. The minimum atomic E-state index is 0.740. The molecule has 1 aliphatic rings. The number of fused-ring (bicyclic) bond motifs is 3. The molecule has 0 N–H and O–H groups in total. The molecule has 2 aromatic rings. The summed E-state index contributed by atoms with van der Waals surface area (Å²) < 4.78 is 1.78. The zero-order chi connectivity index (χ0) is 11.1. The van der Waals surface area contributed by atoms with Crippen LogP contribution in [0.4, 0.5) is 0 Å². The number of aromatic nitrogens is 1. The highest BCUT2D eigenvalue weighted by Gasteiger charge is 2.19. The van der Waals surface area contributed by atoms with Gasteiger partial charge in [0, 0.05) is 16.1 Å². The molecule has 0 atom stereocenters. The standard InChI is InChI=1S/C13H12ClNO/c14-9-5-6-13-11(7-9)10-3-1-2-4-12(10)15(13)8-16/h5-8H,1-4H2. The van der Waals surface area contributed by atoms with Crippen LogP contribution in [0, 0.1) is 0 Å². The van der Waals surface area contributed by atoms with Gasteiger partial charge < -0.3 is 0 Å². The Balaban J connectivity index is 2.41. The van der Waals surface area contributed by atoms with E-state index in [1.54, 1.807) is 4.57 Å². The third kappa shape index (κ3) is 1.30. The van der Waals surface area contributed by atoms with Crippen molar-refractivity contribution in [1.29, 1.82) is 0 Å². The molecule has 1 aromatic carbocycles. The predicted molar refractivity (Wildman–Crippen MR) is 65.7 cm³/mol. The molecular weight excluding hydrogens is 222 g/mol. The molecule has 0 aliphatic heterocycles. The maximum absolute atomic E-state index is 11.2. The zero-order valence-electron chi connectivity index (χ0n) is 8.87. The zero-order valence-corrected chi connectivity index (χ0v) is 9.63. The van der Waals surface area contributed by atoms with Gasteiger partial charge in [-0.25, -0.2) is 0 Å². The van der Waals surface area contributed by atoms with E-state index in [1.165, 1.54) is 24.1 Å². The van der Waals surface area contributed by atoms with Crippen molar-refractivity contribution in [1.82, 2.24) is 4.57 Å². The van der Waals surface area contributed by atoms with Crippen molar-refractivity contribution < 1.29 is 4.79 Å². The number of carbonyl (C=O) groups excluding carboxylic acids is 1. The van der Waals surface area contributed by atoms with Crippen LogP contribution in [0.1, 0.15) is 24.1 Å². The second kappa shape index (κ2) is 3.63. The van der Waals surface area contributed by atoms with Gasteiger partial charge in [0.2, 0.25) is 6.41 Å². The normalized spacial score (nSPS) is 15.1. The van der Waals surface area contributed by atoms with Gasteiger partial charge in [0.05, 0.1) is 5.52 Å². The molecule has 0 saturated carbocycles. The number of carbonyl (C=O) groups is 1. The van der Waals surface area contributed by atoms with Crippen molar-refractivity contribution in [2.75, 3.05) is 0 Å². The number of aryl methyl sites for hydroxylation is 1. The van der Waals surface area contributed by atoms with Gasteiger partial charge in [0.1, 0.15) is 0 Å². The lowest BCUT2D eigenvalue weighted by Crippen LogP contribution is -2.07. The Labute approximate surface area is 98.8 Å². The van der Waals surface area contributed by atoms with Crippen molar-refractivity contribution in [3.8, 4) is 0 Å². The first-order chi connectivity index (χ1) is 7.81. The van der Waals surface area contributed by atoms with Crippen molar-refractivity contribution >= 4 is 28.9 Å². The molecule has 0 amide bonds. The average molecular weight is 234 g/mol. The van der Waals surface area contributed by atoms with Crippen LogP contribution in [-0.2, 0) is 17.6 Å². The van der Waals surface area contributed by atoms with Crippen LogP contribution in [0.5, 0.6) is 0 Å². The Morgan fingerprint density at radius 2 is 2.06 bits per heavy atom. The summed E-state index contributed by atoms with van der Waals surface area (Å²) in [4.78, 5) is 11.2. The fourth-order valence-corrected chi connectivity index (χ4v) is 2.84. The van der Waals surface area contributed by atoms with Gasteiger partial charge in [0.15, 0.2) is 0 Å². The summed E-state index contributed by atoms with van der Waals surface area (Å²) >= 11 is 6.02. The van der Waals surface area contributed by atoms with E-state index in [2.05, 4.69) is 0 Å². The molecule has 1 heterocycles. The third-order valence-corrected chi connectivity index (χ3v) is 3.61. The molecule has 0 fully saturated rings. The molecule has 0 radical (unpaired) electrons. The summed E-state index contributed by atoms with van der Waals surface area (Å²) in [5.41, 5.74) is 3.49. The van der Waals surface area contributed by atoms with E-state index >= 15 is 0 Å². The minimum absolute atomic E-state index is 0.740. The Hall–Kier alpha value is -1.28. The van der Waals surface area contributed by atoms with Crippen molar-refractivity contribution in [2.45, 2.75) is 25.7 Å². The van der Waals surface area contributed by atoms with E-state index in [9.17, 15) is 4.79 Å². The molecule has 1 aliphatic carbocycles. The lowest BCUT2D eigenvalue weighted by Gasteiger charge is -2.12. The van der Waals surface area contributed by atoms with Crippen molar-refractivity contribution in [3.63, 3.8) is 0 Å².